The summed E-state index contributed by atoms with van der Waals surface area (Å²) in [6, 6.07) is 4.94. The van der Waals surface area contributed by atoms with Gasteiger partial charge in [0.15, 0.2) is 5.71 Å². The maximum atomic E-state index is 13.0. The Morgan fingerprint density at radius 1 is 1.36 bits per heavy atom. The lowest BCUT2D eigenvalue weighted by Crippen LogP contribution is -2.48. The van der Waals surface area contributed by atoms with Crippen LogP contribution in [0.1, 0.15) is 6.92 Å². The van der Waals surface area contributed by atoms with Gasteiger partial charge in [-0.1, -0.05) is 0 Å². The number of nitrogens with zero attached hydrogens (tertiary/aromatic N) is 2. The molecule has 2 aliphatic rings. The van der Waals surface area contributed by atoms with Crippen LogP contribution in [0.3, 0.4) is 0 Å². The number of methoxy groups -OCH3 is 1. The first-order valence-electron chi connectivity index (χ1n) is 6.47. The first-order chi connectivity index (χ1) is 10.4. The van der Waals surface area contributed by atoms with E-state index >= 15 is 0 Å². The maximum Gasteiger partial charge on any atom is 0.355 e. The highest BCUT2D eigenvalue weighted by Crippen LogP contribution is 2.37. The van der Waals surface area contributed by atoms with E-state index in [4.69, 9.17) is 0 Å². The second kappa shape index (κ2) is 4.62. The number of halogens is 1. The monoisotopic (exact) mass is 305 g/mol. The normalized spacial score (nSPS) is 26.6. The third-order valence-corrected chi connectivity index (χ3v) is 3.85. The second-order valence-electron chi connectivity index (χ2n) is 5.19. The van der Waals surface area contributed by atoms with E-state index in [9.17, 15) is 18.8 Å². The molecule has 2 amide bonds. The Morgan fingerprint density at radius 2 is 2.00 bits per heavy atom. The van der Waals surface area contributed by atoms with Gasteiger partial charge in [-0.2, -0.15) is 5.10 Å². The van der Waals surface area contributed by atoms with Crippen molar-refractivity contribution in [1.82, 2.24) is 5.43 Å². The van der Waals surface area contributed by atoms with Gasteiger partial charge in [0.2, 0.25) is 5.91 Å². The number of hydrogen-bond donors (Lipinski definition) is 1. The molecule has 0 bridgehead atoms. The van der Waals surface area contributed by atoms with Crippen LogP contribution in [0.2, 0.25) is 0 Å². The SMILES string of the molecule is COC(=O)C1=NN[C@@]2(C)C(=O)N(c3ccc(F)cc3)C(=O)[C@H]12. The van der Waals surface area contributed by atoms with E-state index in [1.807, 2.05) is 0 Å². The lowest BCUT2D eigenvalue weighted by atomic mass is 9.86. The molecule has 1 aromatic carbocycles. The van der Waals surface area contributed by atoms with E-state index < -0.39 is 35.1 Å². The molecule has 2 heterocycles. The highest BCUT2D eigenvalue weighted by atomic mass is 19.1. The van der Waals surface area contributed by atoms with Gasteiger partial charge in [-0.3, -0.25) is 15.0 Å². The van der Waals surface area contributed by atoms with Gasteiger partial charge in [0, 0.05) is 0 Å². The molecular weight excluding hydrogens is 293 g/mol. The summed E-state index contributed by atoms with van der Waals surface area (Å²) in [4.78, 5) is 37.8. The average molecular weight is 305 g/mol. The van der Waals surface area contributed by atoms with Crippen LogP contribution in [0.15, 0.2) is 29.4 Å². The summed E-state index contributed by atoms with van der Waals surface area (Å²) in [6.07, 6.45) is 0. The van der Waals surface area contributed by atoms with Crippen LogP contribution in [0.4, 0.5) is 10.1 Å². The highest BCUT2D eigenvalue weighted by Gasteiger charge is 2.63. The zero-order valence-corrected chi connectivity index (χ0v) is 11.8. The number of carbonyl (C=O) groups excluding carboxylic acids is 3. The molecule has 1 fully saturated rings. The summed E-state index contributed by atoms with van der Waals surface area (Å²) in [5.74, 6) is -3.49. The van der Waals surface area contributed by atoms with Crippen LogP contribution >= 0.6 is 0 Å². The van der Waals surface area contributed by atoms with E-state index in [1.165, 1.54) is 26.2 Å². The smallest absolute Gasteiger partial charge is 0.355 e. The minimum Gasteiger partial charge on any atom is -0.464 e. The van der Waals surface area contributed by atoms with Crippen molar-refractivity contribution in [3.63, 3.8) is 0 Å². The number of anilines is 1. The Kier molecular flexibility index (Phi) is 2.98. The Bertz CT molecular complexity index is 715. The zero-order chi connectivity index (χ0) is 16.1. The number of hydrazone groups is 1. The predicted molar refractivity (Wildman–Crippen MR) is 73.4 cm³/mol. The van der Waals surface area contributed by atoms with Crippen LogP contribution in [0.5, 0.6) is 0 Å². The fourth-order valence-electron chi connectivity index (χ4n) is 2.68. The summed E-state index contributed by atoms with van der Waals surface area (Å²) in [6.45, 7) is 1.49. The minimum atomic E-state index is -1.35. The Morgan fingerprint density at radius 3 is 2.59 bits per heavy atom. The average Bonchev–Trinajstić information content (AvgIpc) is 2.95. The Labute approximate surface area is 124 Å². The van der Waals surface area contributed by atoms with Gasteiger partial charge in [0.05, 0.1) is 12.8 Å². The fourth-order valence-corrected chi connectivity index (χ4v) is 2.68. The lowest BCUT2D eigenvalue weighted by Gasteiger charge is -2.20. The molecule has 1 saturated heterocycles. The molecule has 1 aromatic rings. The van der Waals surface area contributed by atoms with Gasteiger partial charge >= 0.3 is 5.97 Å². The lowest BCUT2D eigenvalue weighted by molar-refractivity contribution is -0.133. The van der Waals surface area contributed by atoms with E-state index in [1.54, 1.807) is 0 Å². The number of amides is 2. The van der Waals surface area contributed by atoms with Crippen molar-refractivity contribution >= 4 is 29.2 Å². The van der Waals surface area contributed by atoms with Crippen molar-refractivity contribution in [3.8, 4) is 0 Å². The van der Waals surface area contributed by atoms with Gasteiger partial charge in [0.1, 0.15) is 17.3 Å². The number of nitrogens with one attached hydrogen (secondary N) is 1. The number of rotatable bonds is 2. The number of imide groups is 1. The molecule has 22 heavy (non-hydrogen) atoms. The number of esters is 1. The van der Waals surface area contributed by atoms with E-state index in [2.05, 4.69) is 15.3 Å². The minimum absolute atomic E-state index is 0.145. The summed E-state index contributed by atoms with van der Waals surface area (Å²) in [5, 5.41) is 3.77. The molecule has 3 rings (SSSR count). The van der Waals surface area contributed by atoms with Crippen molar-refractivity contribution in [2.45, 2.75) is 12.5 Å². The molecule has 8 heteroatoms. The fraction of sp³-hybridized carbons (Fsp3) is 0.286. The first-order valence-corrected chi connectivity index (χ1v) is 6.47. The van der Waals surface area contributed by atoms with Crippen molar-refractivity contribution < 1.29 is 23.5 Å². The van der Waals surface area contributed by atoms with Crippen LogP contribution < -0.4 is 10.3 Å². The van der Waals surface area contributed by atoms with Crippen molar-refractivity contribution in [2.24, 2.45) is 11.0 Å². The molecule has 0 saturated carbocycles. The number of ether oxygens (including phenoxy) is 1. The maximum absolute atomic E-state index is 13.0. The molecule has 1 N–H and O–H groups in total. The standard InChI is InChI=1S/C14H12FN3O4/c1-14-9(10(16-17-14)12(20)22-2)11(19)18(13(14)21)8-5-3-7(15)4-6-8/h3-6,9,17H,1-2H3/t9-,14+/m0/s1. The third kappa shape index (κ3) is 1.73. The van der Waals surface area contributed by atoms with Crippen LogP contribution in [0, 0.1) is 11.7 Å². The van der Waals surface area contributed by atoms with E-state index in [0.29, 0.717) is 0 Å². The number of carbonyl (C=O) groups is 3. The van der Waals surface area contributed by atoms with Crippen LogP contribution in [-0.2, 0) is 19.1 Å². The Hall–Kier alpha value is -2.77. The Balaban J connectivity index is 2.03. The van der Waals surface area contributed by atoms with Gasteiger partial charge in [0.25, 0.3) is 5.91 Å². The van der Waals surface area contributed by atoms with Crippen molar-refractivity contribution in [2.75, 3.05) is 12.0 Å². The molecule has 0 aliphatic carbocycles. The number of benzene rings is 1. The van der Waals surface area contributed by atoms with Crippen molar-refractivity contribution in [3.05, 3.63) is 30.1 Å². The molecule has 0 spiro atoms. The number of hydrogen-bond acceptors (Lipinski definition) is 6. The van der Waals surface area contributed by atoms with Crippen LogP contribution in [0.25, 0.3) is 0 Å². The first kappa shape index (κ1) is 14.2. The molecule has 7 nitrogen and oxygen atoms in total. The topological polar surface area (TPSA) is 88.1 Å². The summed E-state index contributed by atoms with van der Waals surface area (Å²) in [5.41, 5.74) is 1.29. The second-order valence-corrected chi connectivity index (χ2v) is 5.19. The zero-order valence-electron chi connectivity index (χ0n) is 11.8. The molecule has 0 radical (unpaired) electrons. The predicted octanol–water partition coefficient (Wildman–Crippen LogP) is 0.206. The van der Waals surface area contributed by atoms with Crippen LogP contribution in [-0.4, -0.2) is 36.1 Å². The largest absolute Gasteiger partial charge is 0.464 e. The summed E-state index contributed by atoms with van der Waals surface area (Å²) < 4.78 is 17.6. The molecule has 114 valence electrons. The summed E-state index contributed by atoms with van der Waals surface area (Å²) in [7, 11) is 1.17. The molecule has 2 atom stereocenters. The van der Waals surface area contributed by atoms with E-state index in [0.717, 1.165) is 17.0 Å². The molecule has 2 aliphatic heterocycles. The third-order valence-electron chi connectivity index (χ3n) is 3.85. The van der Waals surface area contributed by atoms with Gasteiger partial charge in [-0.05, 0) is 31.2 Å². The van der Waals surface area contributed by atoms with Gasteiger partial charge in [-0.25, -0.2) is 14.1 Å². The number of fused-ring (bicyclic) bond motifs is 1. The quantitative estimate of drug-likeness (QED) is 0.623. The summed E-state index contributed by atoms with van der Waals surface area (Å²) >= 11 is 0. The molecule has 0 aromatic heterocycles. The highest BCUT2D eigenvalue weighted by molar-refractivity contribution is 6.47. The van der Waals surface area contributed by atoms with Gasteiger partial charge < -0.3 is 4.74 Å². The van der Waals surface area contributed by atoms with Gasteiger partial charge in [-0.15, -0.1) is 0 Å². The molecule has 0 unspecified atom stereocenters. The molecular formula is C14H12FN3O4. The van der Waals surface area contributed by atoms with E-state index in [-0.39, 0.29) is 11.4 Å². The van der Waals surface area contributed by atoms with Crippen molar-refractivity contribution in [1.29, 1.82) is 0 Å².